The fourth-order valence-corrected chi connectivity index (χ4v) is 4.81. The molecule has 1 saturated carbocycles. The number of hydrogen-bond acceptors (Lipinski definition) is 5. The number of carbonyl (C=O) groups excluding carboxylic acids is 1. The van der Waals surface area contributed by atoms with Crippen molar-refractivity contribution in [1.29, 1.82) is 0 Å². The minimum Gasteiger partial charge on any atom is -0.385 e. The number of H-pyrrole nitrogens is 1. The van der Waals surface area contributed by atoms with E-state index in [0.717, 1.165) is 18.4 Å². The Morgan fingerprint density at radius 2 is 2.06 bits per heavy atom. The molecule has 1 aliphatic carbocycles. The maximum absolute atomic E-state index is 14.1. The summed E-state index contributed by atoms with van der Waals surface area (Å²) in [5.74, 6) is -0.440. The zero-order valence-corrected chi connectivity index (χ0v) is 18.4. The van der Waals surface area contributed by atoms with Crippen molar-refractivity contribution in [2.45, 2.75) is 32.3 Å². The molecule has 168 valence electrons. The fraction of sp³-hybridized carbons (Fsp3) is 0.304. The van der Waals surface area contributed by atoms with Gasteiger partial charge in [-0.1, -0.05) is 11.6 Å². The van der Waals surface area contributed by atoms with Gasteiger partial charge in [-0.2, -0.15) is 0 Å². The number of carbonyl (C=O) groups is 1. The highest BCUT2D eigenvalue weighted by atomic mass is 35.5. The van der Waals surface area contributed by atoms with Crippen LogP contribution < -0.4 is 10.5 Å². The molecular weight excluding hydrogens is 449 g/mol. The number of halogens is 2. The van der Waals surface area contributed by atoms with E-state index in [2.05, 4.69) is 15.2 Å². The van der Waals surface area contributed by atoms with Crippen molar-refractivity contribution in [3.8, 4) is 0 Å². The lowest BCUT2D eigenvalue weighted by Crippen LogP contribution is -2.29. The molecule has 1 unspecified atom stereocenters. The van der Waals surface area contributed by atoms with Gasteiger partial charge in [-0.05, 0) is 67.5 Å². The summed E-state index contributed by atoms with van der Waals surface area (Å²) in [5.41, 5.74) is 3.02. The maximum atomic E-state index is 14.1. The third-order valence-corrected chi connectivity index (χ3v) is 6.84. The second kappa shape index (κ2) is 7.10. The predicted molar refractivity (Wildman–Crippen MR) is 120 cm³/mol. The van der Waals surface area contributed by atoms with E-state index in [9.17, 15) is 19.1 Å². The summed E-state index contributed by atoms with van der Waals surface area (Å²) in [7, 11) is 0. The van der Waals surface area contributed by atoms with Crippen LogP contribution >= 0.6 is 11.6 Å². The van der Waals surface area contributed by atoms with Crippen LogP contribution in [0.5, 0.6) is 0 Å². The first kappa shape index (κ1) is 20.3. The van der Waals surface area contributed by atoms with Crippen LogP contribution in [0.3, 0.4) is 0 Å². The number of nitrogens with one attached hydrogen (secondary N) is 1. The highest BCUT2D eigenvalue weighted by molar-refractivity contribution is 6.31. The van der Waals surface area contributed by atoms with E-state index in [1.54, 1.807) is 29.5 Å². The van der Waals surface area contributed by atoms with Crippen molar-refractivity contribution >= 4 is 39.9 Å². The normalized spacial score (nSPS) is 16.5. The molecule has 2 aliphatic rings. The largest absolute Gasteiger partial charge is 0.385 e. The molecule has 1 amide bonds. The fourth-order valence-electron chi connectivity index (χ4n) is 4.62. The van der Waals surface area contributed by atoms with E-state index in [0.29, 0.717) is 46.6 Å². The number of aromatic nitrogens is 4. The van der Waals surface area contributed by atoms with Crippen LogP contribution in [0.15, 0.2) is 29.1 Å². The van der Waals surface area contributed by atoms with Gasteiger partial charge in [-0.15, -0.1) is 10.2 Å². The highest BCUT2D eigenvalue weighted by Gasteiger charge is 2.35. The number of fused-ring (bicyclic) bond motifs is 4. The summed E-state index contributed by atoms with van der Waals surface area (Å²) in [5, 5.41) is 18.7. The van der Waals surface area contributed by atoms with E-state index in [-0.39, 0.29) is 22.5 Å². The molecule has 2 N–H and O–H groups in total. The van der Waals surface area contributed by atoms with Crippen molar-refractivity contribution in [2.24, 2.45) is 5.92 Å². The van der Waals surface area contributed by atoms with Crippen LogP contribution in [0.25, 0.3) is 16.7 Å². The van der Waals surface area contributed by atoms with Crippen molar-refractivity contribution < 1.29 is 14.3 Å². The summed E-state index contributed by atoms with van der Waals surface area (Å²) >= 11 is 5.90. The lowest BCUT2D eigenvalue weighted by atomic mass is 10.1. The Bertz CT molecular complexity index is 1540. The Morgan fingerprint density at radius 1 is 1.27 bits per heavy atom. The smallest absolute Gasteiger partial charge is 0.294 e. The minimum atomic E-state index is -0.811. The highest BCUT2D eigenvalue weighted by Crippen LogP contribution is 2.40. The Kier molecular flexibility index (Phi) is 4.37. The number of anilines is 1. The zero-order valence-electron chi connectivity index (χ0n) is 17.6. The first-order chi connectivity index (χ1) is 15.8. The van der Waals surface area contributed by atoms with E-state index in [1.165, 1.54) is 11.0 Å². The third-order valence-electron chi connectivity index (χ3n) is 6.55. The molecule has 1 fully saturated rings. The van der Waals surface area contributed by atoms with Crippen LogP contribution in [0, 0.1) is 18.7 Å². The number of aromatic amines is 1. The number of aliphatic hydroxyl groups excluding tert-OH is 1. The molecule has 10 heteroatoms. The van der Waals surface area contributed by atoms with Gasteiger partial charge in [-0.3, -0.25) is 14.0 Å². The van der Waals surface area contributed by atoms with Gasteiger partial charge >= 0.3 is 0 Å². The van der Waals surface area contributed by atoms with Crippen molar-refractivity contribution in [1.82, 2.24) is 19.6 Å². The quantitative estimate of drug-likeness (QED) is 0.481. The summed E-state index contributed by atoms with van der Waals surface area (Å²) in [6.45, 7) is 2.20. The summed E-state index contributed by atoms with van der Waals surface area (Å²) in [6, 6.07) is 6.23. The van der Waals surface area contributed by atoms with E-state index in [4.69, 9.17) is 11.6 Å². The van der Waals surface area contributed by atoms with E-state index >= 15 is 0 Å². The number of hydrogen-bond donors (Lipinski definition) is 2. The maximum Gasteiger partial charge on any atom is 0.294 e. The average molecular weight is 468 g/mol. The molecule has 0 spiro atoms. The zero-order chi connectivity index (χ0) is 23.0. The second-order valence-corrected chi connectivity index (χ2v) is 9.15. The molecular formula is C23H19ClFN5O3. The lowest BCUT2D eigenvalue weighted by molar-refractivity contribution is 0.0989. The second-order valence-electron chi connectivity index (χ2n) is 8.74. The molecule has 6 rings (SSSR count). The molecule has 33 heavy (non-hydrogen) atoms. The number of aryl methyl sites for hydroxylation is 1. The SMILES string of the molecule is Cc1cc2c(cc1C(=O)N1CCc3cc(Cl)c(F)cc31)[nH]c(=O)c1nnc(C(O)C3CC3)n12. The summed E-state index contributed by atoms with van der Waals surface area (Å²) in [4.78, 5) is 30.4. The molecule has 3 heterocycles. The van der Waals surface area contributed by atoms with Gasteiger partial charge in [0.15, 0.2) is 5.82 Å². The molecule has 1 aliphatic heterocycles. The van der Waals surface area contributed by atoms with Crippen LogP contribution in [0.1, 0.15) is 46.3 Å². The van der Waals surface area contributed by atoms with Gasteiger partial charge < -0.3 is 15.0 Å². The molecule has 0 saturated heterocycles. The summed E-state index contributed by atoms with van der Waals surface area (Å²) in [6.07, 6.45) is 1.57. The van der Waals surface area contributed by atoms with Gasteiger partial charge in [0.05, 0.1) is 21.7 Å². The molecule has 8 nitrogen and oxygen atoms in total. The standard InChI is InChI=1S/C23H19ClFN5O3/c1-10-6-18-16(26-22(32)21-28-27-20(30(18)21)19(31)11-2-3-11)8-13(10)23(33)29-5-4-12-7-14(24)15(25)9-17(12)29/h6-9,11,19,31H,2-5H2,1H3,(H,26,32). The van der Waals surface area contributed by atoms with Gasteiger partial charge in [0.25, 0.3) is 11.5 Å². The number of benzene rings is 2. The topological polar surface area (TPSA) is 104 Å². The predicted octanol–water partition coefficient (Wildman–Crippen LogP) is 3.32. The Hall–Kier alpha value is -3.30. The van der Waals surface area contributed by atoms with Crippen molar-refractivity contribution in [2.75, 3.05) is 11.4 Å². The van der Waals surface area contributed by atoms with Crippen LogP contribution in [-0.2, 0) is 6.42 Å². The third kappa shape index (κ3) is 3.07. The summed E-state index contributed by atoms with van der Waals surface area (Å²) < 4.78 is 15.7. The number of rotatable bonds is 3. The molecule has 2 aromatic carbocycles. The van der Waals surface area contributed by atoms with Crippen LogP contribution in [-0.4, -0.2) is 37.1 Å². The van der Waals surface area contributed by atoms with Crippen molar-refractivity contribution in [3.05, 3.63) is 68.0 Å². The van der Waals surface area contributed by atoms with Gasteiger partial charge in [0, 0.05) is 12.1 Å². The average Bonchev–Trinajstić information content (AvgIpc) is 3.41. The van der Waals surface area contributed by atoms with Gasteiger partial charge in [0.1, 0.15) is 11.9 Å². The first-order valence-corrected chi connectivity index (χ1v) is 11.1. The molecule has 0 bridgehead atoms. The minimum absolute atomic E-state index is 0.0321. The Balaban J connectivity index is 1.49. The number of nitrogens with zero attached hydrogens (tertiary/aromatic N) is 4. The van der Waals surface area contributed by atoms with E-state index < -0.39 is 17.5 Å². The first-order valence-electron chi connectivity index (χ1n) is 10.7. The number of aliphatic hydroxyl groups is 1. The Morgan fingerprint density at radius 3 is 2.82 bits per heavy atom. The monoisotopic (exact) mass is 467 g/mol. The molecule has 2 aromatic heterocycles. The van der Waals surface area contributed by atoms with Crippen molar-refractivity contribution in [3.63, 3.8) is 0 Å². The van der Waals surface area contributed by atoms with Crippen LogP contribution in [0.2, 0.25) is 5.02 Å². The molecule has 4 aromatic rings. The van der Waals surface area contributed by atoms with E-state index in [1.807, 2.05) is 0 Å². The van der Waals surface area contributed by atoms with Crippen LogP contribution in [0.4, 0.5) is 10.1 Å². The molecule has 1 atom stereocenters. The number of amides is 1. The Labute approximate surface area is 191 Å². The van der Waals surface area contributed by atoms with Gasteiger partial charge in [-0.25, -0.2) is 4.39 Å². The van der Waals surface area contributed by atoms with Gasteiger partial charge in [0.2, 0.25) is 5.65 Å². The molecule has 0 radical (unpaired) electrons. The lowest BCUT2D eigenvalue weighted by Gasteiger charge is -2.19.